The zero-order chi connectivity index (χ0) is 17.9. The van der Waals surface area contributed by atoms with Gasteiger partial charge in [0.15, 0.2) is 0 Å². The number of urea groups is 1. The van der Waals surface area contributed by atoms with Crippen LogP contribution in [0.3, 0.4) is 0 Å². The molecule has 3 atom stereocenters. The molecule has 2 saturated heterocycles. The van der Waals surface area contributed by atoms with Gasteiger partial charge in [0.2, 0.25) is 0 Å². The van der Waals surface area contributed by atoms with Gasteiger partial charge in [-0.1, -0.05) is 37.3 Å². The lowest BCUT2D eigenvalue weighted by Crippen LogP contribution is -2.43. The zero-order valence-electron chi connectivity index (χ0n) is 14.3. The van der Waals surface area contributed by atoms with Crippen LogP contribution in [0.4, 0.5) is 4.79 Å². The summed E-state index contributed by atoms with van der Waals surface area (Å²) in [7, 11) is -3.86. The highest BCUT2D eigenvalue weighted by molar-refractivity contribution is 7.94. The van der Waals surface area contributed by atoms with Crippen LogP contribution >= 0.6 is 0 Å². The Hall–Kier alpha value is -1.86. The van der Waals surface area contributed by atoms with Crippen LogP contribution in [0, 0.1) is 5.92 Å². The molecule has 3 rings (SSSR count). The Morgan fingerprint density at radius 1 is 1.28 bits per heavy atom. The minimum Gasteiger partial charge on any atom is -0.375 e. The van der Waals surface area contributed by atoms with Gasteiger partial charge in [0.1, 0.15) is 0 Å². The lowest BCUT2D eigenvalue weighted by molar-refractivity contribution is 0.0928. The third kappa shape index (κ3) is 4.41. The predicted molar refractivity (Wildman–Crippen MR) is 96.2 cm³/mol. The topological polar surface area (TPSA) is 84.5 Å². The Morgan fingerprint density at radius 2 is 2.04 bits per heavy atom. The number of rotatable bonds is 6. The number of ether oxygens (including phenoxy) is 1. The molecule has 0 spiro atoms. The molecule has 7 heteroatoms. The number of carbonyl (C=O) groups is 1. The van der Waals surface area contributed by atoms with Crippen molar-refractivity contribution in [2.75, 3.05) is 6.54 Å². The van der Waals surface area contributed by atoms with Crippen molar-refractivity contribution in [1.82, 2.24) is 10.0 Å². The Morgan fingerprint density at radius 3 is 2.64 bits per heavy atom. The van der Waals surface area contributed by atoms with E-state index in [4.69, 9.17) is 4.74 Å². The molecular formula is C18H24N2O4S. The van der Waals surface area contributed by atoms with Crippen molar-refractivity contribution in [2.45, 2.75) is 44.8 Å². The SMILES string of the molecule is CCC(=Cc1ccccc1)S(=O)(=O)NC(=O)NCC1CC2CCC1O2. The molecule has 136 valence electrons. The van der Waals surface area contributed by atoms with Crippen molar-refractivity contribution in [3.05, 3.63) is 40.8 Å². The van der Waals surface area contributed by atoms with E-state index in [1.807, 2.05) is 30.3 Å². The van der Waals surface area contributed by atoms with Crippen LogP contribution in [0.15, 0.2) is 35.2 Å². The molecule has 0 saturated carbocycles. The van der Waals surface area contributed by atoms with E-state index in [9.17, 15) is 13.2 Å². The van der Waals surface area contributed by atoms with Gasteiger partial charge in [-0.2, -0.15) is 0 Å². The van der Waals surface area contributed by atoms with E-state index in [-0.39, 0.29) is 16.9 Å². The summed E-state index contributed by atoms with van der Waals surface area (Å²) in [6, 6.07) is 8.49. The van der Waals surface area contributed by atoms with Gasteiger partial charge in [-0.15, -0.1) is 0 Å². The number of benzene rings is 1. The van der Waals surface area contributed by atoms with Crippen molar-refractivity contribution < 1.29 is 17.9 Å². The summed E-state index contributed by atoms with van der Waals surface area (Å²) in [6.07, 6.45) is 5.45. The fourth-order valence-corrected chi connectivity index (χ4v) is 4.63. The highest BCUT2D eigenvalue weighted by atomic mass is 32.2. The maximum absolute atomic E-state index is 12.4. The Balaban J connectivity index is 1.57. The normalized spacial score (nSPS) is 25.8. The smallest absolute Gasteiger partial charge is 0.328 e. The third-order valence-electron chi connectivity index (χ3n) is 4.80. The number of allylic oxidation sites excluding steroid dienone is 1. The summed E-state index contributed by atoms with van der Waals surface area (Å²) in [5, 5.41) is 2.67. The molecular weight excluding hydrogens is 340 g/mol. The fraction of sp³-hybridized carbons (Fsp3) is 0.500. The first-order valence-corrected chi connectivity index (χ1v) is 10.2. The quantitative estimate of drug-likeness (QED) is 0.813. The Kier molecular flexibility index (Phi) is 5.44. The van der Waals surface area contributed by atoms with Gasteiger partial charge in [0.25, 0.3) is 10.0 Å². The molecule has 1 aromatic carbocycles. The summed E-state index contributed by atoms with van der Waals surface area (Å²) < 4.78 is 32.7. The molecule has 1 aromatic rings. The van der Waals surface area contributed by atoms with Crippen LogP contribution < -0.4 is 10.0 Å². The van der Waals surface area contributed by atoms with E-state index >= 15 is 0 Å². The first-order valence-electron chi connectivity index (χ1n) is 8.69. The molecule has 2 N–H and O–H groups in total. The third-order valence-corrected chi connectivity index (χ3v) is 6.36. The molecule has 2 bridgehead atoms. The number of carbonyl (C=O) groups excluding carboxylic acids is 1. The van der Waals surface area contributed by atoms with Crippen LogP contribution in [-0.4, -0.2) is 33.2 Å². The van der Waals surface area contributed by atoms with Crippen molar-refractivity contribution in [2.24, 2.45) is 5.92 Å². The number of nitrogens with one attached hydrogen (secondary N) is 2. The second kappa shape index (κ2) is 7.58. The molecule has 2 fully saturated rings. The van der Waals surface area contributed by atoms with Gasteiger partial charge in [-0.25, -0.2) is 17.9 Å². The van der Waals surface area contributed by atoms with E-state index in [2.05, 4.69) is 10.0 Å². The highest BCUT2D eigenvalue weighted by Gasteiger charge is 2.40. The molecule has 0 aliphatic carbocycles. The summed E-state index contributed by atoms with van der Waals surface area (Å²) in [5.74, 6) is 0.276. The maximum Gasteiger partial charge on any atom is 0.328 e. The lowest BCUT2D eigenvalue weighted by atomic mass is 9.89. The Labute approximate surface area is 148 Å². The molecule has 2 amide bonds. The summed E-state index contributed by atoms with van der Waals surface area (Å²) in [6.45, 7) is 2.19. The number of sulfonamides is 1. The Bertz CT molecular complexity index is 746. The molecule has 2 aliphatic heterocycles. The molecule has 3 unspecified atom stereocenters. The van der Waals surface area contributed by atoms with Crippen LogP contribution in [0.25, 0.3) is 6.08 Å². The van der Waals surface area contributed by atoms with Crippen molar-refractivity contribution in [3.63, 3.8) is 0 Å². The molecule has 0 aromatic heterocycles. The van der Waals surface area contributed by atoms with Crippen molar-refractivity contribution in [3.8, 4) is 0 Å². The predicted octanol–water partition coefficient (Wildman–Crippen LogP) is 2.63. The first-order chi connectivity index (χ1) is 12.0. The zero-order valence-corrected chi connectivity index (χ0v) is 15.1. The van der Waals surface area contributed by atoms with Gasteiger partial charge in [-0.3, -0.25) is 0 Å². The van der Waals surface area contributed by atoms with Crippen LogP contribution in [0.2, 0.25) is 0 Å². The van der Waals surface area contributed by atoms with Crippen molar-refractivity contribution >= 4 is 22.1 Å². The van der Waals surface area contributed by atoms with Gasteiger partial charge in [0.05, 0.1) is 17.1 Å². The minimum absolute atomic E-state index is 0.178. The van der Waals surface area contributed by atoms with Gasteiger partial charge in [0, 0.05) is 12.5 Å². The molecule has 0 radical (unpaired) electrons. The summed E-state index contributed by atoms with van der Waals surface area (Å²) in [5.41, 5.74) is 0.782. The monoisotopic (exact) mass is 364 g/mol. The molecule has 2 heterocycles. The molecule has 6 nitrogen and oxygen atoms in total. The standard InChI is InChI=1S/C18H24N2O4S/c1-2-16(10-13-6-4-3-5-7-13)25(22,23)20-18(21)19-12-14-11-15-8-9-17(14)24-15/h3-7,10,14-15,17H,2,8-9,11-12H2,1H3,(H2,19,20,21). The van der Waals surface area contributed by atoms with E-state index < -0.39 is 16.1 Å². The molecule has 25 heavy (non-hydrogen) atoms. The molecule has 2 aliphatic rings. The second-order valence-electron chi connectivity index (χ2n) is 6.56. The number of hydrogen-bond donors (Lipinski definition) is 2. The van der Waals surface area contributed by atoms with E-state index in [0.29, 0.717) is 19.1 Å². The summed E-state index contributed by atoms with van der Waals surface area (Å²) >= 11 is 0. The number of hydrogen-bond acceptors (Lipinski definition) is 4. The lowest BCUT2D eigenvalue weighted by Gasteiger charge is -2.19. The fourth-order valence-electron chi connectivity index (χ4n) is 3.51. The minimum atomic E-state index is -3.86. The van der Waals surface area contributed by atoms with Gasteiger partial charge >= 0.3 is 6.03 Å². The van der Waals surface area contributed by atoms with Gasteiger partial charge < -0.3 is 10.1 Å². The maximum atomic E-state index is 12.4. The van der Waals surface area contributed by atoms with Crippen LogP contribution in [0.1, 0.15) is 38.2 Å². The van der Waals surface area contributed by atoms with Crippen LogP contribution in [-0.2, 0) is 14.8 Å². The average molecular weight is 364 g/mol. The van der Waals surface area contributed by atoms with Crippen molar-refractivity contribution in [1.29, 1.82) is 0 Å². The first kappa shape index (κ1) is 17.9. The summed E-state index contributed by atoms with van der Waals surface area (Å²) in [4.78, 5) is 12.2. The number of amides is 2. The highest BCUT2D eigenvalue weighted by Crippen LogP contribution is 2.38. The van der Waals surface area contributed by atoms with Crippen LogP contribution in [0.5, 0.6) is 0 Å². The van der Waals surface area contributed by atoms with E-state index in [0.717, 1.165) is 24.8 Å². The van der Waals surface area contributed by atoms with E-state index in [1.165, 1.54) is 0 Å². The van der Waals surface area contributed by atoms with E-state index in [1.54, 1.807) is 13.0 Å². The number of fused-ring (bicyclic) bond motifs is 2. The average Bonchev–Trinajstić information content (AvgIpc) is 3.21. The second-order valence-corrected chi connectivity index (χ2v) is 8.30. The van der Waals surface area contributed by atoms with Gasteiger partial charge in [-0.05, 0) is 37.3 Å². The largest absolute Gasteiger partial charge is 0.375 e.